The van der Waals surface area contributed by atoms with Crippen LogP contribution in [0.15, 0.2) is 40.9 Å². The lowest BCUT2D eigenvalue weighted by Gasteiger charge is -2.22. The van der Waals surface area contributed by atoms with Crippen molar-refractivity contribution in [3.8, 4) is 0 Å². The topological polar surface area (TPSA) is 16.1 Å². The summed E-state index contributed by atoms with van der Waals surface area (Å²) in [5.74, 6) is 0.953. The Kier molecular flexibility index (Phi) is 4.19. The molecule has 0 unspecified atom stereocenters. The number of hydrogen-bond donors (Lipinski definition) is 0. The molecule has 0 spiro atoms. The number of hydrogen-bond acceptors (Lipinski definition) is 2. The van der Waals surface area contributed by atoms with E-state index in [-0.39, 0.29) is 5.41 Å². The van der Waals surface area contributed by atoms with Gasteiger partial charge in [-0.25, -0.2) is 4.98 Å². The second kappa shape index (κ2) is 5.57. The average Bonchev–Trinajstić information content (AvgIpc) is 2.40. The van der Waals surface area contributed by atoms with E-state index in [1.54, 1.807) is 0 Å². The number of benzene rings is 1. The molecule has 0 radical (unpaired) electrons. The fourth-order valence-electron chi connectivity index (χ4n) is 2.03. The van der Waals surface area contributed by atoms with Gasteiger partial charge in [0.1, 0.15) is 5.82 Å². The van der Waals surface area contributed by atoms with Crippen LogP contribution in [0.2, 0.25) is 0 Å². The molecule has 0 saturated carbocycles. The molecule has 20 heavy (non-hydrogen) atoms. The lowest BCUT2D eigenvalue weighted by atomic mass is 9.87. The minimum Gasteiger partial charge on any atom is -0.329 e. The Morgan fingerprint density at radius 3 is 2.10 bits per heavy atom. The third kappa shape index (κ3) is 3.21. The summed E-state index contributed by atoms with van der Waals surface area (Å²) in [4.78, 5) is 6.70. The van der Waals surface area contributed by atoms with Crippen molar-refractivity contribution in [3.05, 3.63) is 52.1 Å². The molecule has 2 nitrogen and oxygen atoms in total. The zero-order chi connectivity index (χ0) is 14.9. The zero-order valence-electron chi connectivity index (χ0n) is 12.7. The highest BCUT2D eigenvalue weighted by molar-refractivity contribution is 9.10. The molecule has 3 heteroatoms. The fraction of sp³-hybridized carbons (Fsp3) is 0.353. The Labute approximate surface area is 130 Å². The van der Waals surface area contributed by atoms with Gasteiger partial charge in [0.2, 0.25) is 0 Å². The maximum atomic E-state index is 4.60. The molecule has 1 heterocycles. The summed E-state index contributed by atoms with van der Waals surface area (Å²) in [6, 6.07) is 12.8. The Hall–Kier alpha value is -1.35. The van der Waals surface area contributed by atoms with Crippen molar-refractivity contribution in [2.45, 2.75) is 33.1 Å². The van der Waals surface area contributed by atoms with Gasteiger partial charge in [-0.2, -0.15) is 0 Å². The smallest absolute Gasteiger partial charge is 0.133 e. The predicted molar refractivity (Wildman–Crippen MR) is 89.9 cm³/mol. The quantitative estimate of drug-likeness (QED) is 0.749. The van der Waals surface area contributed by atoms with E-state index in [2.05, 4.69) is 70.9 Å². The molecule has 1 aromatic carbocycles. The SMILES string of the molecule is Cc1nc(N(C)c2ccc(C(C)(C)C)cc2)ccc1Br. The molecule has 0 saturated heterocycles. The molecule has 106 valence electrons. The molecular formula is C17H21BrN2. The molecule has 0 aliphatic carbocycles. The zero-order valence-corrected chi connectivity index (χ0v) is 14.3. The highest BCUT2D eigenvalue weighted by atomic mass is 79.9. The maximum Gasteiger partial charge on any atom is 0.133 e. The van der Waals surface area contributed by atoms with Crippen molar-refractivity contribution in [2.75, 3.05) is 11.9 Å². The predicted octanol–water partition coefficient (Wildman–Crippen LogP) is 5.22. The minimum atomic E-state index is 0.184. The summed E-state index contributed by atoms with van der Waals surface area (Å²) in [7, 11) is 2.04. The maximum absolute atomic E-state index is 4.60. The monoisotopic (exact) mass is 332 g/mol. The third-order valence-corrected chi connectivity index (χ3v) is 4.31. The summed E-state index contributed by atoms with van der Waals surface area (Å²) < 4.78 is 1.04. The van der Waals surface area contributed by atoms with Crippen molar-refractivity contribution in [3.63, 3.8) is 0 Å². The molecule has 0 aliphatic rings. The van der Waals surface area contributed by atoms with Crippen molar-refractivity contribution in [2.24, 2.45) is 0 Å². The third-order valence-electron chi connectivity index (χ3n) is 3.47. The first-order valence-electron chi connectivity index (χ1n) is 6.76. The first-order chi connectivity index (χ1) is 9.29. The average molecular weight is 333 g/mol. The standard InChI is InChI=1S/C17H21BrN2/c1-12-15(18)10-11-16(19-12)20(5)14-8-6-13(7-9-14)17(2,3)4/h6-11H,1-5H3. The van der Waals surface area contributed by atoms with Crippen LogP contribution in [0.25, 0.3) is 0 Å². The van der Waals surface area contributed by atoms with E-state index in [1.807, 2.05) is 26.1 Å². The van der Waals surface area contributed by atoms with Crippen LogP contribution in [0.1, 0.15) is 32.0 Å². The van der Waals surface area contributed by atoms with E-state index in [0.717, 1.165) is 21.7 Å². The summed E-state index contributed by atoms with van der Waals surface area (Å²) in [5.41, 5.74) is 3.67. The van der Waals surface area contributed by atoms with E-state index in [1.165, 1.54) is 5.56 Å². The van der Waals surface area contributed by atoms with Gasteiger partial charge in [-0.3, -0.25) is 0 Å². The highest BCUT2D eigenvalue weighted by Crippen LogP contribution is 2.28. The van der Waals surface area contributed by atoms with Crippen molar-refractivity contribution in [1.82, 2.24) is 4.98 Å². The molecule has 0 atom stereocenters. The van der Waals surface area contributed by atoms with Crippen molar-refractivity contribution in [1.29, 1.82) is 0 Å². The van der Waals surface area contributed by atoms with Gasteiger partial charge in [0, 0.05) is 17.2 Å². The Bertz CT molecular complexity index is 597. The summed E-state index contributed by atoms with van der Waals surface area (Å²) >= 11 is 3.49. The number of aryl methyl sites for hydroxylation is 1. The van der Waals surface area contributed by atoms with Crippen LogP contribution in [0.5, 0.6) is 0 Å². The number of rotatable bonds is 2. The van der Waals surface area contributed by atoms with Crippen LogP contribution in [-0.4, -0.2) is 12.0 Å². The van der Waals surface area contributed by atoms with Gasteiger partial charge in [-0.15, -0.1) is 0 Å². The van der Waals surface area contributed by atoms with Crippen LogP contribution in [0.4, 0.5) is 11.5 Å². The van der Waals surface area contributed by atoms with Crippen LogP contribution in [0, 0.1) is 6.92 Å². The van der Waals surface area contributed by atoms with E-state index >= 15 is 0 Å². The summed E-state index contributed by atoms with van der Waals surface area (Å²) in [5, 5.41) is 0. The van der Waals surface area contributed by atoms with Crippen LogP contribution < -0.4 is 4.90 Å². The molecule has 0 N–H and O–H groups in total. The van der Waals surface area contributed by atoms with Gasteiger partial charge in [-0.05, 0) is 58.1 Å². The summed E-state index contributed by atoms with van der Waals surface area (Å²) in [6.45, 7) is 8.69. The van der Waals surface area contributed by atoms with E-state index in [4.69, 9.17) is 0 Å². The minimum absolute atomic E-state index is 0.184. The number of aromatic nitrogens is 1. The Balaban J connectivity index is 2.29. The number of halogens is 1. The molecule has 1 aromatic heterocycles. The van der Waals surface area contributed by atoms with E-state index < -0.39 is 0 Å². The van der Waals surface area contributed by atoms with Gasteiger partial charge in [0.15, 0.2) is 0 Å². The van der Waals surface area contributed by atoms with Gasteiger partial charge >= 0.3 is 0 Å². The number of anilines is 2. The molecule has 0 fully saturated rings. The lowest BCUT2D eigenvalue weighted by molar-refractivity contribution is 0.590. The molecule has 0 amide bonds. The second-order valence-electron chi connectivity index (χ2n) is 6.09. The number of nitrogens with zero attached hydrogens (tertiary/aromatic N) is 2. The fourth-order valence-corrected chi connectivity index (χ4v) is 2.26. The lowest BCUT2D eigenvalue weighted by Crippen LogP contribution is -2.14. The van der Waals surface area contributed by atoms with Gasteiger partial charge < -0.3 is 4.90 Å². The van der Waals surface area contributed by atoms with Crippen molar-refractivity contribution < 1.29 is 0 Å². The first kappa shape index (κ1) is 15.0. The Morgan fingerprint density at radius 2 is 1.60 bits per heavy atom. The molecule has 2 rings (SSSR count). The van der Waals surface area contributed by atoms with Crippen molar-refractivity contribution >= 4 is 27.4 Å². The van der Waals surface area contributed by atoms with Gasteiger partial charge in [-0.1, -0.05) is 32.9 Å². The molecular weight excluding hydrogens is 312 g/mol. The largest absolute Gasteiger partial charge is 0.329 e. The molecule has 0 bridgehead atoms. The van der Waals surface area contributed by atoms with Crippen LogP contribution in [-0.2, 0) is 5.41 Å². The second-order valence-corrected chi connectivity index (χ2v) is 6.95. The Morgan fingerprint density at radius 1 is 1.00 bits per heavy atom. The molecule has 0 aliphatic heterocycles. The van der Waals surface area contributed by atoms with Crippen LogP contribution >= 0.6 is 15.9 Å². The van der Waals surface area contributed by atoms with E-state index in [9.17, 15) is 0 Å². The molecule has 2 aromatic rings. The number of pyridine rings is 1. The van der Waals surface area contributed by atoms with Gasteiger partial charge in [0.25, 0.3) is 0 Å². The summed E-state index contributed by atoms with van der Waals surface area (Å²) in [6.07, 6.45) is 0. The van der Waals surface area contributed by atoms with E-state index in [0.29, 0.717) is 0 Å². The van der Waals surface area contributed by atoms with Crippen LogP contribution in [0.3, 0.4) is 0 Å². The highest BCUT2D eigenvalue weighted by Gasteiger charge is 2.14. The first-order valence-corrected chi connectivity index (χ1v) is 7.56. The normalized spacial score (nSPS) is 11.5. The van der Waals surface area contributed by atoms with Gasteiger partial charge in [0.05, 0.1) is 5.69 Å².